The quantitative estimate of drug-likeness (QED) is 0.930. The van der Waals surface area contributed by atoms with Crippen LogP contribution in [0.2, 0.25) is 0 Å². The Balaban J connectivity index is 1.64. The van der Waals surface area contributed by atoms with Gasteiger partial charge in [-0.3, -0.25) is 4.90 Å². The fraction of sp³-hybridized carbons (Fsp3) is 0.588. The lowest BCUT2D eigenvalue weighted by molar-refractivity contribution is 0.0578. The van der Waals surface area contributed by atoms with Crippen LogP contribution in [0.4, 0.5) is 4.79 Å². The first kappa shape index (κ1) is 14.4. The summed E-state index contributed by atoms with van der Waals surface area (Å²) in [5.74, 6) is 0.542. The number of likely N-dealkylation sites (tertiary alicyclic amines) is 1. The van der Waals surface area contributed by atoms with E-state index in [4.69, 9.17) is 4.74 Å². The smallest absolute Gasteiger partial charge is 0.410 e. The monoisotopic (exact) mass is 289 g/mol. The molecule has 1 aromatic rings. The molecular formula is C17H23NO3. The molecule has 0 bridgehead atoms. The van der Waals surface area contributed by atoms with Crippen molar-refractivity contribution in [2.45, 2.75) is 50.8 Å². The highest BCUT2D eigenvalue weighted by Crippen LogP contribution is 2.39. The first-order chi connectivity index (χ1) is 10.3. The summed E-state index contributed by atoms with van der Waals surface area (Å²) in [6.45, 7) is 0.332. The van der Waals surface area contributed by atoms with Gasteiger partial charge < -0.3 is 9.84 Å². The maximum atomic E-state index is 12.4. The Morgan fingerprint density at radius 3 is 2.76 bits per heavy atom. The molecule has 1 saturated carbocycles. The number of fused-ring (bicyclic) bond motifs is 1. The molecule has 3 atom stereocenters. The molecule has 1 heterocycles. The maximum absolute atomic E-state index is 12.4. The summed E-state index contributed by atoms with van der Waals surface area (Å²) in [5.41, 5.74) is 0.991. The summed E-state index contributed by atoms with van der Waals surface area (Å²) in [4.78, 5) is 14.2. The van der Waals surface area contributed by atoms with E-state index in [0.29, 0.717) is 12.5 Å². The number of nitrogens with zero attached hydrogens (tertiary/aromatic N) is 1. The molecule has 2 aliphatic rings. The Hall–Kier alpha value is -1.55. The third kappa shape index (κ3) is 3.05. The Morgan fingerprint density at radius 2 is 2.00 bits per heavy atom. The average Bonchev–Trinajstić information content (AvgIpc) is 2.92. The lowest BCUT2D eigenvalue weighted by atomic mass is 9.85. The molecule has 114 valence electrons. The van der Waals surface area contributed by atoms with E-state index in [2.05, 4.69) is 0 Å². The first-order valence-electron chi connectivity index (χ1n) is 7.89. The zero-order valence-corrected chi connectivity index (χ0v) is 12.3. The lowest BCUT2D eigenvalue weighted by Crippen LogP contribution is -2.44. The first-order valence-corrected chi connectivity index (χ1v) is 7.89. The summed E-state index contributed by atoms with van der Waals surface area (Å²) in [5, 5.41) is 9.57. The van der Waals surface area contributed by atoms with E-state index in [1.54, 1.807) is 0 Å². The number of aliphatic hydroxyl groups excluding tert-OH is 1. The Morgan fingerprint density at radius 1 is 1.24 bits per heavy atom. The zero-order chi connectivity index (χ0) is 14.7. The molecule has 0 aromatic heterocycles. The molecule has 1 N–H and O–H groups in total. The fourth-order valence-electron chi connectivity index (χ4n) is 3.80. The Kier molecular flexibility index (Phi) is 4.44. The van der Waals surface area contributed by atoms with Gasteiger partial charge in [-0.05, 0) is 30.7 Å². The Bertz CT molecular complexity index is 476. The topological polar surface area (TPSA) is 49.8 Å². The van der Waals surface area contributed by atoms with Crippen molar-refractivity contribution >= 4 is 6.09 Å². The third-order valence-electron chi connectivity index (χ3n) is 4.82. The molecule has 1 saturated heterocycles. The molecule has 1 aromatic carbocycles. The van der Waals surface area contributed by atoms with Crippen molar-refractivity contribution in [2.24, 2.45) is 5.92 Å². The average molecular weight is 289 g/mol. The summed E-state index contributed by atoms with van der Waals surface area (Å²) < 4.78 is 5.47. The van der Waals surface area contributed by atoms with Crippen LogP contribution in [0.3, 0.4) is 0 Å². The number of hydrogen-bond donors (Lipinski definition) is 1. The van der Waals surface area contributed by atoms with Crippen LogP contribution in [0, 0.1) is 5.92 Å². The molecular weight excluding hydrogens is 266 g/mol. The van der Waals surface area contributed by atoms with Crippen molar-refractivity contribution in [3.8, 4) is 0 Å². The van der Waals surface area contributed by atoms with Crippen molar-refractivity contribution in [1.82, 2.24) is 4.90 Å². The number of hydrogen-bond acceptors (Lipinski definition) is 3. The lowest BCUT2D eigenvalue weighted by Gasteiger charge is -2.32. The van der Waals surface area contributed by atoms with Crippen molar-refractivity contribution in [2.75, 3.05) is 6.61 Å². The van der Waals surface area contributed by atoms with Crippen LogP contribution in [0.5, 0.6) is 0 Å². The van der Waals surface area contributed by atoms with Crippen molar-refractivity contribution in [3.63, 3.8) is 0 Å². The largest absolute Gasteiger partial charge is 0.445 e. The summed E-state index contributed by atoms with van der Waals surface area (Å²) in [6, 6.07) is 9.91. The van der Waals surface area contributed by atoms with E-state index in [9.17, 15) is 9.90 Å². The third-order valence-corrected chi connectivity index (χ3v) is 4.82. The van der Waals surface area contributed by atoms with E-state index in [0.717, 1.165) is 18.4 Å². The highest BCUT2D eigenvalue weighted by atomic mass is 16.6. The van der Waals surface area contributed by atoms with E-state index < -0.39 is 0 Å². The van der Waals surface area contributed by atoms with Crippen LogP contribution in [-0.4, -0.2) is 34.8 Å². The molecule has 0 spiro atoms. The van der Waals surface area contributed by atoms with Gasteiger partial charge in [0.15, 0.2) is 0 Å². The minimum Gasteiger partial charge on any atom is -0.445 e. The normalized spacial score (nSPS) is 28.2. The van der Waals surface area contributed by atoms with Gasteiger partial charge in [-0.2, -0.15) is 0 Å². The van der Waals surface area contributed by atoms with Crippen molar-refractivity contribution < 1.29 is 14.6 Å². The molecule has 0 unspecified atom stereocenters. The number of ether oxygens (including phenoxy) is 1. The number of amides is 1. The van der Waals surface area contributed by atoms with E-state index >= 15 is 0 Å². The molecule has 1 aliphatic carbocycles. The van der Waals surface area contributed by atoms with Gasteiger partial charge in [0.2, 0.25) is 0 Å². The van der Waals surface area contributed by atoms with E-state index in [1.807, 2.05) is 35.2 Å². The number of rotatable bonds is 3. The molecule has 1 amide bonds. The number of aliphatic hydroxyl groups is 1. The molecule has 4 nitrogen and oxygen atoms in total. The van der Waals surface area contributed by atoms with Gasteiger partial charge in [-0.25, -0.2) is 4.79 Å². The van der Waals surface area contributed by atoms with Crippen LogP contribution in [0.15, 0.2) is 30.3 Å². The van der Waals surface area contributed by atoms with Gasteiger partial charge in [-0.15, -0.1) is 0 Å². The number of carbonyl (C=O) groups excluding carboxylic acids is 1. The molecule has 2 fully saturated rings. The van der Waals surface area contributed by atoms with Gasteiger partial charge in [0, 0.05) is 6.04 Å². The molecule has 1 aliphatic heterocycles. The molecule has 3 rings (SSSR count). The SMILES string of the molecule is O=C(OCc1ccccc1)N1[C@H](CO)C[C@@H]2CCCC[C@@H]21. The van der Waals surface area contributed by atoms with Crippen LogP contribution in [-0.2, 0) is 11.3 Å². The van der Waals surface area contributed by atoms with Gasteiger partial charge in [0.1, 0.15) is 6.61 Å². The highest BCUT2D eigenvalue weighted by Gasteiger charge is 2.44. The summed E-state index contributed by atoms with van der Waals surface area (Å²) in [7, 11) is 0. The standard InChI is InChI=1S/C17H23NO3/c19-11-15-10-14-8-4-5-9-16(14)18(15)17(20)21-12-13-6-2-1-3-7-13/h1-3,6-7,14-16,19H,4-5,8-12H2/t14-,15-,16-/m0/s1. The second-order valence-corrected chi connectivity index (χ2v) is 6.13. The van der Waals surface area contributed by atoms with Crippen LogP contribution in [0.1, 0.15) is 37.7 Å². The zero-order valence-electron chi connectivity index (χ0n) is 12.3. The predicted molar refractivity (Wildman–Crippen MR) is 79.7 cm³/mol. The second-order valence-electron chi connectivity index (χ2n) is 6.13. The van der Waals surface area contributed by atoms with Crippen molar-refractivity contribution in [3.05, 3.63) is 35.9 Å². The summed E-state index contributed by atoms with van der Waals surface area (Å²) in [6.07, 6.45) is 5.27. The number of benzene rings is 1. The Labute approximate surface area is 125 Å². The van der Waals surface area contributed by atoms with Crippen LogP contribution in [0.25, 0.3) is 0 Å². The van der Waals surface area contributed by atoms with Gasteiger partial charge in [-0.1, -0.05) is 43.2 Å². The van der Waals surface area contributed by atoms with Gasteiger partial charge in [0.05, 0.1) is 12.6 Å². The second kappa shape index (κ2) is 6.48. The van der Waals surface area contributed by atoms with E-state index in [1.165, 1.54) is 19.3 Å². The molecule has 4 heteroatoms. The van der Waals surface area contributed by atoms with E-state index in [-0.39, 0.29) is 24.8 Å². The van der Waals surface area contributed by atoms with Crippen molar-refractivity contribution in [1.29, 1.82) is 0 Å². The minimum absolute atomic E-state index is 0.0352. The van der Waals surface area contributed by atoms with Crippen LogP contribution >= 0.6 is 0 Å². The van der Waals surface area contributed by atoms with Crippen LogP contribution < -0.4 is 0 Å². The number of carbonyl (C=O) groups is 1. The highest BCUT2D eigenvalue weighted by molar-refractivity contribution is 5.69. The van der Waals surface area contributed by atoms with Gasteiger partial charge >= 0.3 is 6.09 Å². The fourth-order valence-corrected chi connectivity index (χ4v) is 3.80. The van der Waals surface area contributed by atoms with Gasteiger partial charge in [0.25, 0.3) is 0 Å². The predicted octanol–water partition coefficient (Wildman–Crippen LogP) is 2.95. The minimum atomic E-state index is -0.271. The molecule has 0 radical (unpaired) electrons. The summed E-state index contributed by atoms with van der Waals surface area (Å²) >= 11 is 0. The maximum Gasteiger partial charge on any atom is 0.410 e. The molecule has 21 heavy (non-hydrogen) atoms.